The molecule has 0 fully saturated rings. The molecular formula is C17H19N5O4. The Hall–Kier alpha value is -3.36. The molecule has 0 radical (unpaired) electrons. The zero-order valence-electron chi connectivity index (χ0n) is 14.5. The van der Waals surface area contributed by atoms with E-state index in [1.165, 1.54) is 12.6 Å². The van der Waals surface area contributed by atoms with E-state index in [1.807, 2.05) is 13.8 Å². The SMILES string of the molecule is CCN(CC)C(=O)c1noc2cc(NC(=O)NCc3cnco3)ccc12. The molecule has 3 aromatic rings. The molecule has 0 aliphatic rings. The Kier molecular flexibility index (Phi) is 5.16. The molecule has 0 saturated heterocycles. The molecule has 0 bridgehead atoms. The van der Waals surface area contributed by atoms with Crippen molar-refractivity contribution in [3.63, 3.8) is 0 Å². The third-order valence-electron chi connectivity index (χ3n) is 3.89. The average Bonchev–Trinajstić information content (AvgIpc) is 3.30. The van der Waals surface area contributed by atoms with Crippen LogP contribution in [-0.4, -0.2) is 40.1 Å². The first-order chi connectivity index (χ1) is 12.6. The molecule has 0 unspecified atom stereocenters. The summed E-state index contributed by atoms with van der Waals surface area (Å²) in [4.78, 5) is 29.8. The van der Waals surface area contributed by atoms with Gasteiger partial charge in [-0.05, 0) is 26.0 Å². The van der Waals surface area contributed by atoms with Gasteiger partial charge in [-0.2, -0.15) is 0 Å². The Balaban J connectivity index is 1.70. The van der Waals surface area contributed by atoms with Crippen molar-refractivity contribution in [2.45, 2.75) is 20.4 Å². The molecule has 9 heteroatoms. The second-order valence-electron chi connectivity index (χ2n) is 5.49. The van der Waals surface area contributed by atoms with Crippen LogP contribution in [0.1, 0.15) is 30.1 Å². The van der Waals surface area contributed by atoms with Crippen LogP contribution in [0.5, 0.6) is 0 Å². The van der Waals surface area contributed by atoms with Crippen molar-refractivity contribution in [3.8, 4) is 0 Å². The highest BCUT2D eigenvalue weighted by atomic mass is 16.5. The van der Waals surface area contributed by atoms with Gasteiger partial charge in [0.2, 0.25) is 0 Å². The molecule has 0 spiro atoms. The number of carbonyl (C=O) groups is 2. The van der Waals surface area contributed by atoms with Gasteiger partial charge in [-0.1, -0.05) is 5.16 Å². The van der Waals surface area contributed by atoms with Gasteiger partial charge in [0.15, 0.2) is 17.7 Å². The molecule has 2 N–H and O–H groups in total. The highest BCUT2D eigenvalue weighted by Gasteiger charge is 2.20. The number of fused-ring (bicyclic) bond motifs is 1. The van der Waals surface area contributed by atoms with E-state index in [9.17, 15) is 9.59 Å². The van der Waals surface area contributed by atoms with Gasteiger partial charge in [0.05, 0.1) is 18.1 Å². The lowest BCUT2D eigenvalue weighted by Crippen LogP contribution is -2.30. The number of anilines is 1. The van der Waals surface area contributed by atoms with E-state index in [1.54, 1.807) is 23.1 Å². The predicted molar refractivity (Wildman–Crippen MR) is 93.6 cm³/mol. The van der Waals surface area contributed by atoms with Crippen LogP contribution in [0.25, 0.3) is 11.0 Å². The number of benzene rings is 1. The van der Waals surface area contributed by atoms with Crippen molar-refractivity contribution >= 4 is 28.6 Å². The maximum Gasteiger partial charge on any atom is 0.319 e. The molecule has 1 aromatic carbocycles. The lowest BCUT2D eigenvalue weighted by molar-refractivity contribution is 0.0764. The van der Waals surface area contributed by atoms with Crippen LogP contribution >= 0.6 is 0 Å². The predicted octanol–water partition coefficient (Wildman–Crippen LogP) is 2.62. The van der Waals surface area contributed by atoms with Crippen molar-refractivity contribution in [3.05, 3.63) is 42.2 Å². The zero-order chi connectivity index (χ0) is 18.5. The number of oxazole rings is 1. The summed E-state index contributed by atoms with van der Waals surface area (Å²) in [6.07, 6.45) is 2.82. The van der Waals surface area contributed by atoms with E-state index in [0.717, 1.165) is 0 Å². The number of nitrogens with zero attached hydrogens (tertiary/aromatic N) is 3. The summed E-state index contributed by atoms with van der Waals surface area (Å²) in [5.41, 5.74) is 1.21. The van der Waals surface area contributed by atoms with Crippen LogP contribution in [-0.2, 0) is 6.54 Å². The van der Waals surface area contributed by atoms with Crippen molar-refractivity contribution in [1.29, 1.82) is 0 Å². The molecule has 3 rings (SSSR count). The van der Waals surface area contributed by atoms with Gasteiger partial charge in [-0.3, -0.25) is 4.79 Å². The first-order valence-electron chi connectivity index (χ1n) is 8.23. The fraction of sp³-hybridized carbons (Fsp3) is 0.294. The van der Waals surface area contributed by atoms with Crippen molar-refractivity contribution in [1.82, 2.24) is 20.4 Å². The minimum atomic E-state index is -0.403. The molecule has 9 nitrogen and oxygen atoms in total. The van der Waals surface area contributed by atoms with Gasteiger partial charge in [0.25, 0.3) is 5.91 Å². The van der Waals surface area contributed by atoms with E-state index < -0.39 is 6.03 Å². The summed E-state index contributed by atoms with van der Waals surface area (Å²) in [6, 6.07) is 4.61. The Morgan fingerprint density at radius 2 is 2.04 bits per heavy atom. The van der Waals surface area contributed by atoms with E-state index in [4.69, 9.17) is 8.94 Å². The van der Waals surface area contributed by atoms with Crippen LogP contribution in [0.15, 0.2) is 39.7 Å². The van der Waals surface area contributed by atoms with Crippen molar-refractivity contribution < 1.29 is 18.5 Å². The fourth-order valence-corrected chi connectivity index (χ4v) is 2.50. The average molecular weight is 357 g/mol. The van der Waals surface area contributed by atoms with Crippen LogP contribution in [0.2, 0.25) is 0 Å². The molecule has 0 aliphatic carbocycles. The minimum Gasteiger partial charge on any atom is -0.447 e. The smallest absolute Gasteiger partial charge is 0.319 e. The summed E-state index contributed by atoms with van der Waals surface area (Å²) in [5.74, 6) is 0.365. The lowest BCUT2D eigenvalue weighted by atomic mass is 10.2. The number of hydrogen-bond acceptors (Lipinski definition) is 6. The quantitative estimate of drug-likeness (QED) is 0.701. The summed E-state index contributed by atoms with van der Waals surface area (Å²) < 4.78 is 10.3. The van der Waals surface area contributed by atoms with Gasteiger partial charge < -0.3 is 24.5 Å². The normalized spacial score (nSPS) is 10.7. The number of amides is 3. The summed E-state index contributed by atoms with van der Waals surface area (Å²) in [6.45, 7) is 5.22. The van der Waals surface area contributed by atoms with Crippen LogP contribution in [0, 0.1) is 0 Å². The van der Waals surface area contributed by atoms with E-state index >= 15 is 0 Å². The summed E-state index contributed by atoms with van der Waals surface area (Å²) in [5, 5.41) is 9.82. The topological polar surface area (TPSA) is 114 Å². The Morgan fingerprint density at radius 1 is 1.23 bits per heavy atom. The van der Waals surface area contributed by atoms with Crippen molar-refractivity contribution in [2.75, 3.05) is 18.4 Å². The van der Waals surface area contributed by atoms with Gasteiger partial charge in [-0.15, -0.1) is 0 Å². The molecule has 0 aliphatic heterocycles. The standard InChI is InChI=1S/C17H19N5O4/c1-3-22(4-2)16(23)15-13-6-5-11(7-14(13)26-21-15)20-17(24)19-9-12-8-18-10-25-12/h5-8,10H,3-4,9H2,1-2H3,(H2,19,20,24). The van der Waals surface area contributed by atoms with Crippen LogP contribution in [0.4, 0.5) is 10.5 Å². The van der Waals surface area contributed by atoms with Crippen LogP contribution in [0.3, 0.4) is 0 Å². The molecule has 0 atom stereocenters. The highest BCUT2D eigenvalue weighted by molar-refractivity contribution is 6.05. The Labute approximate surface area is 149 Å². The molecule has 3 amide bonds. The van der Waals surface area contributed by atoms with Gasteiger partial charge in [0.1, 0.15) is 5.76 Å². The van der Waals surface area contributed by atoms with E-state index in [0.29, 0.717) is 35.5 Å². The molecule has 136 valence electrons. The van der Waals surface area contributed by atoms with Crippen LogP contribution < -0.4 is 10.6 Å². The van der Waals surface area contributed by atoms with E-state index in [2.05, 4.69) is 20.8 Å². The maximum absolute atomic E-state index is 12.5. The summed E-state index contributed by atoms with van der Waals surface area (Å²) >= 11 is 0. The number of hydrogen-bond donors (Lipinski definition) is 2. The first-order valence-corrected chi connectivity index (χ1v) is 8.23. The lowest BCUT2D eigenvalue weighted by Gasteiger charge is -2.16. The molecule has 2 heterocycles. The maximum atomic E-state index is 12.5. The Morgan fingerprint density at radius 3 is 2.73 bits per heavy atom. The van der Waals surface area contributed by atoms with Gasteiger partial charge in [-0.25, -0.2) is 9.78 Å². The molecular weight excluding hydrogens is 338 g/mol. The highest BCUT2D eigenvalue weighted by Crippen LogP contribution is 2.23. The number of urea groups is 1. The number of carbonyl (C=O) groups excluding carboxylic acids is 2. The number of rotatable bonds is 6. The van der Waals surface area contributed by atoms with Gasteiger partial charge in [0, 0.05) is 24.8 Å². The molecule has 26 heavy (non-hydrogen) atoms. The fourth-order valence-electron chi connectivity index (χ4n) is 2.50. The Bertz CT molecular complexity index is 899. The summed E-state index contributed by atoms with van der Waals surface area (Å²) in [7, 11) is 0. The van der Waals surface area contributed by atoms with E-state index in [-0.39, 0.29) is 18.1 Å². The molecule has 2 aromatic heterocycles. The number of aromatic nitrogens is 2. The second kappa shape index (κ2) is 7.68. The number of nitrogens with one attached hydrogen (secondary N) is 2. The van der Waals surface area contributed by atoms with Gasteiger partial charge >= 0.3 is 6.03 Å². The second-order valence-corrected chi connectivity index (χ2v) is 5.49. The third kappa shape index (κ3) is 3.66. The molecule has 0 saturated carbocycles. The monoisotopic (exact) mass is 357 g/mol. The minimum absolute atomic E-state index is 0.181. The largest absolute Gasteiger partial charge is 0.447 e. The third-order valence-corrected chi connectivity index (χ3v) is 3.89. The van der Waals surface area contributed by atoms with Crippen molar-refractivity contribution in [2.24, 2.45) is 0 Å². The first kappa shape index (κ1) is 17.5. The zero-order valence-corrected chi connectivity index (χ0v) is 14.5.